The van der Waals surface area contributed by atoms with Gasteiger partial charge in [-0.2, -0.15) is 0 Å². The lowest BCUT2D eigenvalue weighted by Gasteiger charge is -2.39. The van der Waals surface area contributed by atoms with E-state index in [4.69, 9.17) is 17.3 Å². The number of carbonyl (C=O) groups is 6. The third kappa shape index (κ3) is 9.78. The molecular formula is C37H45ClN4O7. The number of primary amides is 1. The van der Waals surface area contributed by atoms with E-state index < -0.39 is 59.5 Å². The Labute approximate surface area is 291 Å². The summed E-state index contributed by atoms with van der Waals surface area (Å²) < 4.78 is 0. The Morgan fingerprint density at radius 3 is 2.43 bits per heavy atom. The molecule has 2 aromatic rings. The number of fused-ring (bicyclic) bond motifs is 1. The zero-order valence-corrected chi connectivity index (χ0v) is 28.8. The molecule has 262 valence electrons. The number of rotatable bonds is 16. The number of carboxylic acids is 1. The number of hydrogen-bond donors (Lipinski definition) is 3. The average Bonchev–Trinajstić information content (AvgIpc) is 3.50. The van der Waals surface area contributed by atoms with Crippen LogP contribution in [0.5, 0.6) is 0 Å². The molecule has 12 heteroatoms. The largest absolute Gasteiger partial charge is 0.481 e. The van der Waals surface area contributed by atoms with Crippen molar-refractivity contribution in [3.05, 3.63) is 76.9 Å². The monoisotopic (exact) mass is 692 g/mol. The summed E-state index contributed by atoms with van der Waals surface area (Å²) in [7, 11) is 1.39. The van der Waals surface area contributed by atoms with Crippen LogP contribution >= 0.6 is 11.6 Å². The van der Waals surface area contributed by atoms with Gasteiger partial charge in [0.05, 0.1) is 6.04 Å². The summed E-state index contributed by atoms with van der Waals surface area (Å²) in [6.45, 7) is 2.18. The van der Waals surface area contributed by atoms with Gasteiger partial charge in [-0.05, 0) is 67.7 Å². The van der Waals surface area contributed by atoms with E-state index >= 15 is 0 Å². The maximum absolute atomic E-state index is 14.1. The summed E-state index contributed by atoms with van der Waals surface area (Å²) in [5.41, 5.74) is 10.7. The molecule has 11 nitrogen and oxygen atoms in total. The number of piperidine rings is 1. The fraction of sp³-hybridized carbons (Fsp3) is 0.459. The number of nitrogens with two attached hydrogens (primary N) is 1. The van der Waals surface area contributed by atoms with Crippen LogP contribution in [0.1, 0.15) is 67.2 Å². The van der Waals surface area contributed by atoms with Crippen molar-refractivity contribution in [1.82, 2.24) is 15.1 Å². The minimum Gasteiger partial charge on any atom is -0.481 e. The second-order valence-corrected chi connectivity index (χ2v) is 13.2. The van der Waals surface area contributed by atoms with Crippen LogP contribution < -0.4 is 11.1 Å². The molecular weight excluding hydrogens is 648 g/mol. The average molecular weight is 693 g/mol. The predicted molar refractivity (Wildman–Crippen MR) is 185 cm³/mol. The fourth-order valence-electron chi connectivity index (χ4n) is 6.62. The van der Waals surface area contributed by atoms with Gasteiger partial charge in [-0.3, -0.25) is 28.8 Å². The molecule has 1 aliphatic heterocycles. The van der Waals surface area contributed by atoms with Gasteiger partial charge < -0.3 is 26.0 Å². The zero-order valence-electron chi connectivity index (χ0n) is 28.0. The highest BCUT2D eigenvalue weighted by molar-refractivity contribution is 6.27. The second-order valence-electron chi connectivity index (χ2n) is 12.9. The minimum atomic E-state index is -1.13. The number of nitrogens with one attached hydrogen (secondary N) is 1. The maximum Gasteiger partial charge on any atom is 0.303 e. The Kier molecular flexibility index (Phi) is 13.1. The number of aliphatic carboxylic acids is 1. The van der Waals surface area contributed by atoms with Gasteiger partial charge in [0.25, 0.3) is 0 Å². The van der Waals surface area contributed by atoms with Gasteiger partial charge in [0, 0.05) is 38.8 Å². The summed E-state index contributed by atoms with van der Waals surface area (Å²) in [5, 5.41) is 12.2. The molecule has 0 bridgehead atoms. The van der Waals surface area contributed by atoms with Crippen molar-refractivity contribution in [2.24, 2.45) is 11.7 Å². The maximum atomic E-state index is 14.1. The van der Waals surface area contributed by atoms with Crippen molar-refractivity contribution in [2.45, 2.75) is 82.8 Å². The standard InChI is InChI=1S/C37H45ClN4O7/c1-23-10-12-24(13-11-23)19-27(35(39)47)21-32(43)29(20-26-15-14-25-7-3-4-8-28(25)26)40-36(48)30-9-5-6-18-42(30)37(49)31(16-17-34(45)46)41(2)33(44)22-38/h3-4,7-8,10-13,15,27,29-31H,5-6,9,14,16-22H2,1-2H3,(H2,39,47)(H,40,48)(H,45,46)/t27-,29+,30+,31+/m1/s1. The highest BCUT2D eigenvalue weighted by Gasteiger charge is 2.39. The number of halogens is 1. The Balaban J connectivity index is 1.58. The van der Waals surface area contributed by atoms with Crippen LogP contribution in [-0.2, 0) is 41.6 Å². The quantitative estimate of drug-likeness (QED) is 0.227. The number of carbonyl (C=O) groups excluding carboxylic acids is 5. The SMILES string of the molecule is Cc1ccc(C[C@H](CC(=O)[C@H](CC2=CCc3ccccc32)NC(=O)[C@@H]2CCCCN2C(=O)[C@H](CCC(=O)O)N(C)C(=O)CCl)C(N)=O)cc1. The molecule has 1 heterocycles. The minimum absolute atomic E-state index is 0.150. The summed E-state index contributed by atoms with van der Waals surface area (Å²) in [6, 6.07) is 12.4. The number of likely N-dealkylation sites (N-methyl/N-ethyl adjacent to an activating group) is 1. The first kappa shape index (κ1) is 37.3. The Hall–Kier alpha value is -4.51. The lowest BCUT2D eigenvalue weighted by atomic mass is 9.88. The van der Waals surface area contributed by atoms with Gasteiger partial charge in [-0.25, -0.2) is 0 Å². The van der Waals surface area contributed by atoms with Crippen LogP contribution in [0.4, 0.5) is 0 Å². The number of alkyl halides is 1. The third-order valence-electron chi connectivity index (χ3n) is 9.49. The number of amides is 4. The number of Topliss-reactive ketones (excluding diaryl/α,β-unsaturated/α-hetero) is 1. The van der Waals surface area contributed by atoms with E-state index in [1.807, 2.05) is 61.5 Å². The molecule has 2 aliphatic rings. The van der Waals surface area contributed by atoms with Gasteiger partial charge >= 0.3 is 5.97 Å². The van der Waals surface area contributed by atoms with Crippen LogP contribution in [0.15, 0.2) is 54.6 Å². The van der Waals surface area contributed by atoms with Crippen LogP contribution in [-0.4, -0.2) is 87.9 Å². The van der Waals surface area contributed by atoms with Gasteiger partial charge in [-0.1, -0.05) is 60.2 Å². The number of aryl methyl sites for hydroxylation is 1. The van der Waals surface area contributed by atoms with Crippen molar-refractivity contribution in [2.75, 3.05) is 19.5 Å². The molecule has 1 fully saturated rings. The summed E-state index contributed by atoms with van der Waals surface area (Å²) in [4.78, 5) is 81.0. The molecule has 0 radical (unpaired) electrons. The highest BCUT2D eigenvalue weighted by atomic mass is 35.5. The Bertz CT molecular complexity index is 1590. The van der Waals surface area contributed by atoms with Crippen molar-refractivity contribution < 1.29 is 33.9 Å². The Morgan fingerprint density at radius 2 is 1.76 bits per heavy atom. The normalized spacial score (nSPS) is 17.2. The Morgan fingerprint density at radius 1 is 1.04 bits per heavy atom. The summed E-state index contributed by atoms with van der Waals surface area (Å²) in [5.74, 6) is -4.91. The number of benzene rings is 2. The molecule has 4 atom stereocenters. The predicted octanol–water partition coefficient (Wildman–Crippen LogP) is 3.42. The first-order valence-electron chi connectivity index (χ1n) is 16.7. The van der Waals surface area contributed by atoms with Crippen LogP contribution in [0, 0.1) is 12.8 Å². The molecule has 2 aromatic carbocycles. The van der Waals surface area contributed by atoms with E-state index in [0.717, 1.165) is 32.7 Å². The molecule has 4 rings (SSSR count). The van der Waals surface area contributed by atoms with E-state index in [1.54, 1.807) is 0 Å². The molecule has 4 N–H and O–H groups in total. The van der Waals surface area contributed by atoms with E-state index in [2.05, 4.69) is 5.32 Å². The number of allylic oxidation sites excluding steroid dienone is 1. The van der Waals surface area contributed by atoms with Crippen molar-refractivity contribution in [3.8, 4) is 0 Å². The van der Waals surface area contributed by atoms with Crippen LogP contribution in [0.2, 0.25) is 0 Å². The van der Waals surface area contributed by atoms with E-state index in [1.165, 1.54) is 11.9 Å². The molecule has 1 aliphatic carbocycles. The zero-order chi connectivity index (χ0) is 35.7. The van der Waals surface area contributed by atoms with E-state index in [0.29, 0.717) is 25.7 Å². The van der Waals surface area contributed by atoms with E-state index in [9.17, 15) is 33.9 Å². The fourth-order valence-corrected chi connectivity index (χ4v) is 6.81. The van der Waals surface area contributed by atoms with Crippen LogP contribution in [0.25, 0.3) is 5.57 Å². The lowest BCUT2D eigenvalue weighted by molar-refractivity contribution is -0.151. The summed E-state index contributed by atoms with van der Waals surface area (Å²) in [6.07, 6.45) is 4.06. The highest BCUT2D eigenvalue weighted by Crippen LogP contribution is 2.31. The van der Waals surface area contributed by atoms with Crippen molar-refractivity contribution >= 4 is 52.6 Å². The first-order chi connectivity index (χ1) is 23.4. The molecule has 0 unspecified atom stereocenters. The second kappa shape index (κ2) is 17.2. The van der Waals surface area contributed by atoms with Gasteiger partial charge in [0.1, 0.15) is 18.0 Å². The molecule has 0 spiro atoms. The van der Waals surface area contributed by atoms with Crippen molar-refractivity contribution in [1.29, 1.82) is 0 Å². The van der Waals surface area contributed by atoms with E-state index in [-0.39, 0.29) is 44.4 Å². The number of carboxylic acid groups (broad SMARTS) is 1. The van der Waals surface area contributed by atoms with Gasteiger partial charge in [0.15, 0.2) is 5.78 Å². The van der Waals surface area contributed by atoms with Crippen molar-refractivity contribution in [3.63, 3.8) is 0 Å². The smallest absolute Gasteiger partial charge is 0.303 e. The summed E-state index contributed by atoms with van der Waals surface area (Å²) >= 11 is 5.76. The number of ketones is 1. The lowest BCUT2D eigenvalue weighted by Crippen LogP contribution is -2.59. The van der Waals surface area contributed by atoms with Crippen LogP contribution in [0.3, 0.4) is 0 Å². The number of hydrogen-bond acceptors (Lipinski definition) is 6. The molecule has 1 saturated heterocycles. The molecule has 0 saturated carbocycles. The van der Waals surface area contributed by atoms with Gasteiger partial charge in [-0.15, -0.1) is 11.6 Å². The third-order valence-corrected chi connectivity index (χ3v) is 9.72. The molecule has 4 amide bonds. The first-order valence-corrected chi connectivity index (χ1v) is 17.2. The van der Waals surface area contributed by atoms with Gasteiger partial charge in [0.2, 0.25) is 23.6 Å². The molecule has 49 heavy (non-hydrogen) atoms. The molecule has 0 aromatic heterocycles. The topological polar surface area (TPSA) is 167 Å². The number of nitrogens with zero attached hydrogens (tertiary/aromatic N) is 2. The number of likely N-dealkylation sites (tertiary alicyclic amines) is 1.